The normalized spacial score (nSPS) is 32.5. The highest BCUT2D eigenvalue weighted by Gasteiger charge is 2.71. The minimum Gasteiger partial charge on any atom is -0.394 e. The first kappa shape index (κ1) is 23.2. The smallest absolute Gasteiger partial charge is 0.248 e. The molecule has 0 radical (unpaired) electrons. The van der Waals surface area contributed by atoms with Crippen molar-refractivity contribution in [2.75, 3.05) is 26.7 Å². The van der Waals surface area contributed by atoms with Crippen molar-refractivity contribution in [3.05, 3.63) is 48.6 Å². The van der Waals surface area contributed by atoms with Gasteiger partial charge in [-0.3, -0.25) is 14.4 Å². The number of aliphatic hydroxyl groups is 1. The number of nitrogens with zero attached hydrogens (tertiary/aromatic N) is 6. The summed E-state index contributed by atoms with van der Waals surface area (Å²) in [7, 11) is 1.74. The predicted octanol–water partition coefficient (Wildman–Crippen LogP) is 0.494. The molecule has 188 valence electrons. The molecule has 3 amide bonds. The number of aromatic nitrogens is 3. The Morgan fingerprint density at radius 2 is 1.94 bits per heavy atom. The van der Waals surface area contributed by atoms with Crippen LogP contribution in [0.1, 0.15) is 6.92 Å². The van der Waals surface area contributed by atoms with Gasteiger partial charge in [0.25, 0.3) is 0 Å². The zero-order valence-electron chi connectivity index (χ0n) is 20.1. The van der Waals surface area contributed by atoms with Crippen molar-refractivity contribution in [2.45, 2.75) is 35.7 Å². The molecule has 10 nitrogen and oxygen atoms in total. The lowest BCUT2D eigenvalue weighted by Crippen LogP contribution is -2.56. The van der Waals surface area contributed by atoms with Gasteiger partial charge >= 0.3 is 0 Å². The summed E-state index contributed by atoms with van der Waals surface area (Å²) in [6, 6.07) is 6.14. The molecule has 4 aliphatic rings. The molecule has 1 N–H and O–H groups in total. The zero-order valence-corrected chi connectivity index (χ0v) is 20.9. The number of fused-ring (bicyclic) bond motifs is 3. The van der Waals surface area contributed by atoms with Gasteiger partial charge in [-0.25, -0.2) is 4.68 Å². The standard InChI is InChI=1S/C25H28N6O4S/c1-15(13-32)31-21-24(35)29(14-30-17-8-4-3-7-16(17)26-27-30)12-6-10-25(21)20(23(31)34)19-18(36-25)9-5-11-28(2)22(19)33/h3-10,15,18-21,32H,11-14H2,1-2H3/t15-,18+,19-,20+,21?,25+/m1/s1. The molecule has 2 fully saturated rings. The highest BCUT2D eigenvalue weighted by Crippen LogP contribution is 2.61. The number of rotatable bonds is 4. The fraction of sp³-hybridized carbons (Fsp3) is 0.480. The number of para-hydroxylation sites is 1. The minimum atomic E-state index is -0.899. The SMILES string of the molecule is C[C@H](CO)N1C(=O)[C@@H]2[C@@H]3C(=O)N(C)CC=C[C@@H]3S[C@@]23C=CCN(Cn2nnc4ccccc42)C(=O)C13. The second-order valence-electron chi connectivity index (χ2n) is 9.95. The highest BCUT2D eigenvalue weighted by atomic mass is 32.2. The molecule has 2 aromatic rings. The summed E-state index contributed by atoms with van der Waals surface area (Å²) in [5, 5.41) is 18.3. The van der Waals surface area contributed by atoms with E-state index in [1.165, 1.54) is 16.7 Å². The van der Waals surface area contributed by atoms with Crippen LogP contribution in [0.3, 0.4) is 0 Å². The molecule has 36 heavy (non-hydrogen) atoms. The Labute approximate surface area is 212 Å². The number of likely N-dealkylation sites (tertiary alicyclic amines) is 1. The van der Waals surface area contributed by atoms with E-state index in [-0.39, 0.29) is 36.2 Å². The van der Waals surface area contributed by atoms with E-state index in [0.717, 1.165) is 11.0 Å². The molecule has 0 saturated carbocycles. The van der Waals surface area contributed by atoms with Crippen LogP contribution in [0.15, 0.2) is 48.6 Å². The molecule has 6 atom stereocenters. The maximum absolute atomic E-state index is 14.2. The van der Waals surface area contributed by atoms with Crippen molar-refractivity contribution in [1.29, 1.82) is 0 Å². The Morgan fingerprint density at radius 1 is 1.14 bits per heavy atom. The molecule has 1 spiro atoms. The molecule has 11 heteroatoms. The van der Waals surface area contributed by atoms with E-state index in [4.69, 9.17) is 0 Å². The van der Waals surface area contributed by atoms with Crippen molar-refractivity contribution in [3.8, 4) is 0 Å². The van der Waals surface area contributed by atoms with Gasteiger partial charge in [0.15, 0.2) is 0 Å². The molecule has 4 aliphatic heterocycles. The Balaban J connectivity index is 1.42. The van der Waals surface area contributed by atoms with Crippen LogP contribution in [0.25, 0.3) is 11.0 Å². The number of thioether (sulfide) groups is 1. The molecule has 1 aromatic carbocycles. The fourth-order valence-electron chi connectivity index (χ4n) is 6.12. The first-order chi connectivity index (χ1) is 17.4. The van der Waals surface area contributed by atoms with Gasteiger partial charge in [0.05, 0.1) is 34.7 Å². The van der Waals surface area contributed by atoms with Crippen LogP contribution in [0, 0.1) is 11.8 Å². The van der Waals surface area contributed by atoms with Gasteiger partial charge < -0.3 is 19.8 Å². The van der Waals surface area contributed by atoms with Gasteiger partial charge in [0.2, 0.25) is 17.7 Å². The summed E-state index contributed by atoms with van der Waals surface area (Å²) >= 11 is 1.53. The maximum Gasteiger partial charge on any atom is 0.248 e. The van der Waals surface area contributed by atoms with Crippen molar-refractivity contribution in [1.82, 2.24) is 29.7 Å². The molecular formula is C25H28N6O4S. The van der Waals surface area contributed by atoms with E-state index in [0.29, 0.717) is 13.1 Å². The van der Waals surface area contributed by atoms with E-state index >= 15 is 0 Å². The van der Waals surface area contributed by atoms with Crippen LogP contribution in [-0.4, -0.2) is 101 Å². The third-order valence-corrected chi connectivity index (χ3v) is 9.59. The average molecular weight is 509 g/mol. The van der Waals surface area contributed by atoms with Crippen molar-refractivity contribution in [2.24, 2.45) is 11.8 Å². The summed E-state index contributed by atoms with van der Waals surface area (Å²) in [6.07, 6.45) is 7.88. The average Bonchev–Trinajstić information content (AvgIpc) is 3.44. The quantitative estimate of drug-likeness (QED) is 0.599. The van der Waals surface area contributed by atoms with E-state index in [1.54, 1.807) is 28.5 Å². The molecule has 6 rings (SSSR count). The van der Waals surface area contributed by atoms with Gasteiger partial charge in [-0.05, 0) is 19.1 Å². The third kappa shape index (κ3) is 3.18. The van der Waals surface area contributed by atoms with Crippen LogP contribution in [0.4, 0.5) is 0 Å². The second kappa shape index (κ2) is 8.45. The summed E-state index contributed by atoms with van der Waals surface area (Å²) in [5.74, 6) is -1.79. The number of carbonyl (C=O) groups excluding carboxylic acids is 3. The molecule has 1 aromatic heterocycles. The van der Waals surface area contributed by atoms with Crippen molar-refractivity contribution >= 4 is 40.5 Å². The molecule has 0 aliphatic carbocycles. The van der Waals surface area contributed by atoms with Gasteiger partial charge in [-0.1, -0.05) is 41.7 Å². The van der Waals surface area contributed by atoms with Gasteiger partial charge in [0, 0.05) is 25.4 Å². The Morgan fingerprint density at radius 3 is 2.75 bits per heavy atom. The van der Waals surface area contributed by atoms with Crippen LogP contribution < -0.4 is 0 Å². The van der Waals surface area contributed by atoms with Crippen molar-refractivity contribution in [3.63, 3.8) is 0 Å². The number of hydrogen-bond acceptors (Lipinski definition) is 7. The molecular weight excluding hydrogens is 480 g/mol. The lowest BCUT2D eigenvalue weighted by atomic mass is 9.78. The largest absolute Gasteiger partial charge is 0.394 e. The van der Waals surface area contributed by atoms with E-state index in [9.17, 15) is 19.5 Å². The van der Waals surface area contributed by atoms with Gasteiger partial charge in [0.1, 0.15) is 18.2 Å². The number of hydrogen-bond donors (Lipinski definition) is 1. The Kier molecular flexibility index (Phi) is 5.45. The molecule has 2 saturated heterocycles. The monoisotopic (exact) mass is 508 g/mol. The minimum absolute atomic E-state index is 0.0824. The van der Waals surface area contributed by atoms with E-state index < -0.39 is 28.7 Å². The van der Waals surface area contributed by atoms with E-state index in [1.807, 2.05) is 48.6 Å². The van der Waals surface area contributed by atoms with Crippen LogP contribution in [-0.2, 0) is 21.1 Å². The number of amides is 3. The maximum atomic E-state index is 14.2. The summed E-state index contributed by atoms with van der Waals surface area (Å²) in [6.45, 7) is 2.48. The van der Waals surface area contributed by atoms with Crippen LogP contribution in [0.5, 0.6) is 0 Å². The molecule has 1 unspecified atom stereocenters. The lowest BCUT2D eigenvalue weighted by Gasteiger charge is -2.37. The van der Waals surface area contributed by atoms with Gasteiger partial charge in [-0.15, -0.1) is 16.9 Å². The predicted molar refractivity (Wildman–Crippen MR) is 133 cm³/mol. The number of benzene rings is 1. The number of likely N-dealkylation sites (N-methyl/N-ethyl adjacent to an activating group) is 1. The fourth-order valence-corrected chi connectivity index (χ4v) is 8.12. The zero-order chi connectivity index (χ0) is 25.2. The molecule has 0 bridgehead atoms. The second-order valence-corrected chi connectivity index (χ2v) is 11.4. The Hall–Kier alpha value is -3.18. The first-order valence-electron chi connectivity index (χ1n) is 12.1. The lowest BCUT2D eigenvalue weighted by molar-refractivity contribution is -0.146. The number of aliphatic hydroxyl groups excluding tert-OH is 1. The highest BCUT2D eigenvalue weighted by molar-refractivity contribution is 8.02. The van der Waals surface area contributed by atoms with Crippen LogP contribution >= 0.6 is 11.8 Å². The summed E-state index contributed by atoms with van der Waals surface area (Å²) in [4.78, 5) is 46.5. The topological polar surface area (TPSA) is 112 Å². The van der Waals surface area contributed by atoms with Gasteiger partial charge in [-0.2, -0.15) is 0 Å². The van der Waals surface area contributed by atoms with Crippen LogP contribution in [0.2, 0.25) is 0 Å². The molecule has 5 heterocycles. The third-order valence-electron chi connectivity index (χ3n) is 7.85. The summed E-state index contributed by atoms with van der Waals surface area (Å²) < 4.78 is 0.782. The number of carbonyl (C=O) groups is 3. The van der Waals surface area contributed by atoms with E-state index in [2.05, 4.69) is 10.3 Å². The first-order valence-corrected chi connectivity index (χ1v) is 13.0. The van der Waals surface area contributed by atoms with Crippen molar-refractivity contribution < 1.29 is 19.5 Å². The summed E-state index contributed by atoms with van der Waals surface area (Å²) in [5.41, 5.74) is 1.55. The Bertz CT molecular complexity index is 1310.